The maximum Gasteiger partial charge on any atom is 0.119 e. The summed E-state index contributed by atoms with van der Waals surface area (Å²) < 4.78 is 5.81. The zero-order valence-corrected chi connectivity index (χ0v) is 16.3. The van der Waals surface area contributed by atoms with Crippen LogP contribution in [-0.4, -0.2) is 0 Å². The number of halogens is 2. The quantitative estimate of drug-likeness (QED) is 0.347. The highest BCUT2D eigenvalue weighted by Crippen LogP contribution is 2.28. The fraction of sp³-hybridized carbons (Fsp3) is 0.0870. The molecule has 134 valence electrons. The second-order valence-corrected chi connectivity index (χ2v) is 6.98. The van der Waals surface area contributed by atoms with Crippen molar-refractivity contribution in [3.8, 4) is 11.8 Å². The predicted molar refractivity (Wildman–Crippen MR) is 112 cm³/mol. The standard InChI is InChI=1S/C23H17Cl2NO/c1-16-2-4-18(5-3-16)15-27-21-9-6-17(7-10-21)12-19(14-26)22-11-8-20(24)13-23(22)25/h2-13H,15H2,1H3/b19-12+. The molecule has 4 heteroatoms. The molecule has 3 rings (SSSR count). The zero-order chi connectivity index (χ0) is 19.2. The summed E-state index contributed by atoms with van der Waals surface area (Å²) in [5.41, 5.74) is 4.37. The van der Waals surface area contributed by atoms with Gasteiger partial charge in [0.1, 0.15) is 12.4 Å². The van der Waals surface area contributed by atoms with Gasteiger partial charge < -0.3 is 4.74 Å². The summed E-state index contributed by atoms with van der Waals surface area (Å²) in [6.07, 6.45) is 1.79. The number of hydrogen-bond acceptors (Lipinski definition) is 2. The number of nitriles is 1. The van der Waals surface area contributed by atoms with E-state index in [1.165, 1.54) is 5.56 Å². The van der Waals surface area contributed by atoms with Crippen molar-refractivity contribution in [2.75, 3.05) is 0 Å². The Morgan fingerprint density at radius 1 is 1.00 bits per heavy atom. The molecule has 0 aliphatic carbocycles. The van der Waals surface area contributed by atoms with E-state index in [1.54, 1.807) is 24.3 Å². The van der Waals surface area contributed by atoms with Crippen LogP contribution in [0.5, 0.6) is 5.75 Å². The summed E-state index contributed by atoms with van der Waals surface area (Å²) in [6, 6.07) is 23.1. The van der Waals surface area contributed by atoms with Crippen LogP contribution in [0.2, 0.25) is 10.0 Å². The molecule has 0 saturated carbocycles. The molecule has 3 aromatic carbocycles. The molecular weight excluding hydrogens is 377 g/mol. The van der Waals surface area contributed by atoms with Crippen LogP contribution in [0.15, 0.2) is 66.7 Å². The number of hydrogen-bond donors (Lipinski definition) is 0. The normalized spacial score (nSPS) is 11.1. The van der Waals surface area contributed by atoms with Crippen LogP contribution in [0, 0.1) is 18.3 Å². The minimum Gasteiger partial charge on any atom is -0.489 e. The van der Waals surface area contributed by atoms with Gasteiger partial charge in [-0.3, -0.25) is 0 Å². The number of rotatable bonds is 5. The minimum atomic E-state index is 0.452. The molecule has 0 radical (unpaired) electrons. The first kappa shape index (κ1) is 19.0. The molecule has 27 heavy (non-hydrogen) atoms. The van der Waals surface area contributed by atoms with Crippen molar-refractivity contribution in [2.45, 2.75) is 13.5 Å². The molecule has 0 heterocycles. The maximum absolute atomic E-state index is 9.48. The third kappa shape index (κ3) is 5.14. The van der Waals surface area contributed by atoms with Crippen molar-refractivity contribution in [3.05, 3.63) is 99.0 Å². The fourth-order valence-electron chi connectivity index (χ4n) is 2.56. The van der Waals surface area contributed by atoms with Crippen molar-refractivity contribution in [1.29, 1.82) is 5.26 Å². The number of nitrogens with zero attached hydrogens (tertiary/aromatic N) is 1. The van der Waals surface area contributed by atoms with E-state index in [9.17, 15) is 5.26 Å². The summed E-state index contributed by atoms with van der Waals surface area (Å²) in [5.74, 6) is 0.774. The Labute approximate surface area is 169 Å². The Hall–Kier alpha value is -2.73. The second kappa shape index (κ2) is 8.77. The predicted octanol–water partition coefficient (Wildman–Crippen LogP) is 6.95. The average molecular weight is 394 g/mol. The highest BCUT2D eigenvalue weighted by Gasteiger charge is 2.07. The van der Waals surface area contributed by atoms with Crippen molar-refractivity contribution in [1.82, 2.24) is 0 Å². The number of ether oxygens (including phenoxy) is 1. The summed E-state index contributed by atoms with van der Waals surface area (Å²) in [6.45, 7) is 2.57. The lowest BCUT2D eigenvalue weighted by Gasteiger charge is -2.07. The molecule has 0 atom stereocenters. The van der Waals surface area contributed by atoms with Crippen LogP contribution in [0.3, 0.4) is 0 Å². The average Bonchev–Trinajstić information content (AvgIpc) is 2.67. The van der Waals surface area contributed by atoms with E-state index in [1.807, 2.05) is 24.3 Å². The lowest BCUT2D eigenvalue weighted by Crippen LogP contribution is -1.95. The highest BCUT2D eigenvalue weighted by atomic mass is 35.5. The monoisotopic (exact) mass is 393 g/mol. The smallest absolute Gasteiger partial charge is 0.119 e. The first-order valence-corrected chi connectivity index (χ1v) is 9.16. The maximum atomic E-state index is 9.48. The Kier molecular flexibility index (Phi) is 6.19. The molecule has 0 spiro atoms. The molecule has 3 aromatic rings. The Morgan fingerprint density at radius 2 is 1.70 bits per heavy atom. The van der Waals surface area contributed by atoms with Gasteiger partial charge in [-0.25, -0.2) is 0 Å². The zero-order valence-electron chi connectivity index (χ0n) is 14.7. The van der Waals surface area contributed by atoms with Gasteiger partial charge in [-0.2, -0.15) is 5.26 Å². The molecular formula is C23H17Cl2NO. The van der Waals surface area contributed by atoms with E-state index in [2.05, 4.69) is 37.3 Å². The van der Waals surface area contributed by atoms with Crippen molar-refractivity contribution in [2.24, 2.45) is 0 Å². The summed E-state index contributed by atoms with van der Waals surface area (Å²) in [7, 11) is 0. The van der Waals surface area contributed by atoms with Crippen molar-refractivity contribution < 1.29 is 4.74 Å². The Morgan fingerprint density at radius 3 is 2.33 bits per heavy atom. The molecule has 0 aromatic heterocycles. The topological polar surface area (TPSA) is 33.0 Å². The van der Waals surface area contributed by atoms with Gasteiger partial charge in [0.15, 0.2) is 0 Å². The molecule has 0 N–H and O–H groups in total. The van der Waals surface area contributed by atoms with E-state index in [0.29, 0.717) is 27.8 Å². The van der Waals surface area contributed by atoms with Gasteiger partial charge in [0.05, 0.1) is 16.7 Å². The third-order valence-corrected chi connectivity index (χ3v) is 4.61. The minimum absolute atomic E-state index is 0.452. The van der Waals surface area contributed by atoms with Crippen LogP contribution in [0.4, 0.5) is 0 Å². The SMILES string of the molecule is Cc1ccc(COc2ccc(/C=C(\C#N)c3ccc(Cl)cc3Cl)cc2)cc1. The number of benzene rings is 3. The van der Waals surface area contributed by atoms with E-state index < -0.39 is 0 Å². The summed E-state index contributed by atoms with van der Waals surface area (Å²) >= 11 is 12.1. The van der Waals surface area contributed by atoms with Crippen molar-refractivity contribution in [3.63, 3.8) is 0 Å². The summed E-state index contributed by atoms with van der Waals surface area (Å²) in [5, 5.41) is 10.5. The van der Waals surface area contributed by atoms with Crippen LogP contribution < -0.4 is 4.74 Å². The van der Waals surface area contributed by atoms with Crippen LogP contribution in [0.25, 0.3) is 11.6 Å². The Bertz CT molecular complexity index is 1000. The van der Waals surface area contributed by atoms with Crippen molar-refractivity contribution >= 4 is 34.9 Å². The van der Waals surface area contributed by atoms with Gasteiger partial charge >= 0.3 is 0 Å². The lowest BCUT2D eigenvalue weighted by atomic mass is 10.0. The largest absolute Gasteiger partial charge is 0.489 e. The van der Waals surface area contributed by atoms with Gasteiger partial charge in [-0.1, -0.05) is 71.2 Å². The van der Waals surface area contributed by atoms with E-state index >= 15 is 0 Å². The summed E-state index contributed by atoms with van der Waals surface area (Å²) in [4.78, 5) is 0. The lowest BCUT2D eigenvalue weighted by molar-refractivity contribution is 0.306. The molecule has 0 saturated heterocycles. The molecule has 2 nitrogen and oxygen atoms in total. The number of allylic oxidation sites excluding steroid dienone is 1. The molecule has 0 aliphatic heterocycles. The first-order chi connectivity index (χ1) is 13.0. The molecule has 0 unspecified atom stereocenters. The van der Waals surface area contributed by atoms with Gasteiger partial charge in [0.2, 0.25) is 0 Å². The van der Waals surface area contributed by atoms with Crippen LogP contribution >= 0.6 is 23.2 Å². The molecule has 0 bridgehead atoms. The highest BCUT2D eigenvalue weighted by molar-refractivity contribution is 6.36. The van der Waals surface area contributed by atoms with Gasteiger partial charge in [0.25, 0.3) is 0 Å². The third-order valence-electron chi connectivity index (χ3n) is 4.06. The second-order valence-electron chi connectivity index (χ2n) is 6.14. The van der Waals surface area contributed by atoms with E-state index in [-0.39, 0.29) is 0 Å². The molecule has 0 aliphatic rings. The van der Waals surface area contributed by atoms with Gasteiger partial charge in [0, 0.05) is 10.6 Å². The number of aryl methyl sites for hydroxylation is 1. The van der Waals surface area contributed by atoms with E-state index in [4.69, 9.17) is 27.9 Å². The van der Waals surface area contributed by atoms with Crippen LogP contribution in [-0.2, 0) is 6.61 Å². The van der Waals surface area contributed by atoms with Gasteiger partial charge in [-0.05, 0) is 48.4 Å². The van der Waals surface area contributed by atoms with E-state index in [0.717, 1.165) is 16.9 Å². The Balaban J connectivity index is 1.73. The van der Waals surface area contributed by atoms with Crippen LogP contribution in [0.1, 0.15) is 22.3 Å². The van der Waals surface area contributed by atoms with Gasteiger partial charge in [-0.15, -0.1) is 0 Å². The fourth-order valence-corrected chi connectivity index (χ4v) is 3.07. The molecule has 0 amide bonds. The first-order valence-electron chi connectivity index (χ1n) is 8.41. The molecule has 0 fully saturated rings.